The van der Waals surface area contributed by atoms with E-state index >= 15 is 0 Å². The topological polar surface area (TPSA) is 183 Å². The molecule has 4 aromatic rings. The Morgan fingerprint density at radius 2 is 1.86 bits per heavy atom. The number of nitrogens with zero attached hydrogens (tertiary/aromatic N) is 5. The van der Waals surface area contributed by atoms with Crippen molar-refractivity contribution >= 4 is 86.9 Å². The summed E-state index contributed by atoms with van der Waals surface area (Å²) in [5.41, 5.74) is 1.76. The van der Waals surface area contributed by atoms with E-state index in [1.54, 1.807) is 35.2 Å². The number of hydrogen-bond donors (Lipinski definition) is 3. The Bertz CT molecular complexity index is 2320. The Morgan fingerprint density at radius 3 is 2.61 bits per heavy atom. The molecule has 7 rings (SSSR count). The van der Waals surface area contributed by atoms with Crippen molar-refractivity contribution in [3.8, 4) is 5.75 Å². The minimum Gasteiger partial charge on any atom is -0.494 e. The quantitative estimate of drug-likeness (QED) is 0.113. The molecule has 3 aromatic carbocycles. The molecule has 1 atom stereocenters. The Hall–Kier alpha value is -5.91. The highest BCUT2D eigenvalue weighted by atomic mass is 35.5. The average Bonchev–Trinajstić information content (AvgIpc) is 3.44. The number of halogens is 2. The number of fused-ring (bicyclic) bond motifs is 2. The fourth-order valence-corrected chi connectivity index (χ4v) is 7.82. The maximum atomic E-state index is 13.7. The molecule has 0 bridgehead atoms. The van der Waals surface area contributed by atoms with Crippen molar-refractivity contribution in [2.24, 2.45) is 0 Å². The van der Waals surface area contributed by atoms with Crippen molar-refractivity contribution in [3.63, 3.8) is 0 Å². The minimum absolute atomic E-state index is 0.0237. The number of ether oxygens (including phenoxy) is 1. The molecule has 6 amide bonds. The van der Waals surface area contributed by atoms with E-state index in [-0.39, 0.29) is 40.7 Å². The van der Waals surface area contributed by atoms with Gasteiger partial charge in [0.2, 0.25) is 23.6 Å². The third-order valence-electron chi connectivity index (χ3n) is 9.54. The van der Waals surface area contributed by atoms with Crippen LogP contribution in [0.5, 0.6) is 5.75 Å². The molecule has 2 fully saturated rings. The average molecular weight is 801 g/mol. The predicted octanol–water partition coefficient (Wildman–Crippen LogP) is 4.01. The Labute approximate surface area is 328 Å². The molecular formula is C38H34ClFN8O7S. The number of aromatic nitrogens is 2. The number of imide groups is 2. The summed E-state index contributed by atoms with van der Waals surface area (Å²) in [7, 11) is 1.48. The van der Waals surface area contributed by atoms with E-state index in [9.17, 15) is 33.2 Å². The van der Waals surface area contributed by atoms with E-state index in [2.05, 4.69) is 30.8 Å². The van der Waals surface area contributed by atoms with E-state index < -0.39 is 41.4 Å². The number of methoxy groups -OCH3 is 1. The molecule has 4 heterocycles. The summed E-state index contributed by atoms with van der Waals surface area (Å²) in [5.74, 6) is -2.58. The van der Waals surface area contributed by atoms with Gasteiger partial charge in [-0.25, -0.2) is 14.4 Å². The zero-order chi connectivity index (χ0) is 39.5. The van der Waals surface area contributed by atoms with Crippen molar-refractivity contribution in [1.82, 2.24) is 30.0 Å². The first-order chi connectivity index (χ1) is 27.0. The molecule has 1 unspecified atom stereocenters. The summed E-state index contributed by atoms with van der Waals surface area (Å²) >= 11 is 7.10. The highest BCUT2D eigenvalue weighted by Gasteiger charge is 2.45. The second-order valence-corrected chi connectivity index (χ2v) is 14.5. The molecule has 3 N–H and O–H groups in total. The third-order valence-corrected chi connectivity index (χ3v) is 10.9. The highest BCUT2D eigenvalue weighted by molar-refractivity contribution is 8.00. The van der Waals surface area contributed by atoms with Crippen LogP contribution in [-0.2, 0) is 19.2 Å². The van der Waals surface area contributed by atoms with E-state index in [0.29, 0.717) is 71.5 Å². The standard InChI is InChI=1S/C38H34ClFN8O7S/c1-55-29-18-26-23(35(42-20-41-26)43-21-7-8-25(40)24(39)16-21)17-27(29)44-31(49)6-3-11-46-12-14-47(15-13-46)33(51)19-56-30-5-2-4-22-34(30)38(54)48(37(22)53)28-9-10-32(50)45-36(28)52/h2-8,16-18,20,28H,9-15,19H2,1H3,(H,44,49)(H,41,42,43)(H,45,50,52)/b6-3+. The third kappa shape index (κ3) is 8.05. The van der Waals surface area contributed by atoms with E-state index in [1.807, 2.05) is 0 Å². The lowest BCUT2D eigenvalue weighted by molar-refractivity contribution is -0.136. The fourth-order valence-electron chi connectivity index (χ4n) is 6.66. The zero-order valence-corrected chi connectivity index (χ0v) is 31.4. The van der Waals surface area contributed by atoms with Gasteiger partial charge in [0.15, 0.2) is 0 Å². The molecule has 0 spiro atoms. The highest BCUT2D eigenvalue weighted by Crippen LogP contribution is 2.36. The molecule has 18 heteroatoms. The molecule has 2 saturated heterocycles. The van der Waals surface area contributed by atoms with Gasteiger partial charge in [0, 0.05) is 67.3 Å². The van der Waals surface area contributed by atoms with Gasteiger partial charge >= 0.3 is 0 Å². The van der Waals surface area contributed by atoms with Crippen LogP contribution in [0, 0.1) is 5.82 Å². The summed E-state index contributed by atoms with van der Waals surface area (Å²) in [4.78, 5) is 90.6. The van der Waals surface area contributed by atoms with Gasteiger partial charge in [-0.15, -0.1) is 11.8 Å². The van der Waals surface area contributed by atoms with Gasteiger partial charge in [-0.05, 0) is 42.8 Å². The number of thioether (sulfide) groups is 1. The lowest BCUT2D eigenvalue weighted by atomic mass is 10.0. The first-order valence-electron chi connectivity index (χ1n) is 17.5. The normalized spacial score (nSPS) is 17.4. The number of benzene rings is 3. The lowest BCUT2D eigenvalue weighted by Gasteiger charge is -2.34. The number of carbonyl (C=O) groups is 6. The van der Waals surface area contributed by atoms with Gasteiger partial charge in [0.05, 0.1) is 40.2 Å². The first-order valence-corrected chi connectivity index (χ1v) is 18.9. The fraction of sp³-hybridized carbons (Fsp3) is 0.263. The zero-order valence-electron chi connectivity index (χ0n) is 29.8. The van der Waals surface area contributed by atoms with Gasteiger partial charge in [0.1, 0.15) is 29.8 Å². The van der Waals surface area contributed by atoms with Crippen molar-refractivity contribution in [2.45, 2.75) is 23.8 Å². The molecule has 3 aliphatic heterocycles. The van der Waals surface area contributed by atoms with Crippen molar-refractivity contribution in [3.05, 3.63) is 89.0 Å². The largest absolute Gasteiger partial charge is 0.494 e. The number of piperazine rings is 1. The summed E-state index contributed by atoms with van der Waals surface area (Å²) in [6, 6.07) is 11.3. The SMILES string of the molecule is COc1cc2ncnc(Nc3ccc(F)c(Cl)c3)c2cc1NC(=O)/C=C/CN1CCN(C(=O)CSc2cccc3c2C(=O)N(C2CCC(=O)NC2=O)C3=O)CC1. The molecule has 0 aliphatic carbocycles. The predicted molar refractivity (Wildman–Crippen MR) is 205 cm³/mol. The van der Waals surface area contributed by atoms with Crippen molar-refractivity contribution in [1.29, 1.82) is 0 Å². The van der Waals surface area contributed by atoms with Crippen molar-refractivity contribution < 1.29 is 37.9 Å². The van der Waals surface area contributed by atoms with Gasteiger partial charge in [-0.2, -0.15) is 0 Å². The number of nitrogens with one attached hydrogen (secondary N) is 3. The lowest BCUT2D eigenvalue weighted by Crippen LogP contribution is -2.54. The molecule has 56 heavy (non-hydrogen) atoms. The second-order valence-electron chi connectivity index (χ2n) is 13.0. The van der Waals surface area contributed by atoms with Crippen LogP contribution in [0.25, 0.3) is 10.9 Å². The van der Waals surface area contributed by atoms with Gasteiger partial charge in [-0.3, -0.25) is 43.9 Å². The molecular weight excluding hydrogens is 767 g/mol. The summed E-state index contributed by atoms with van der Waals surface area (Å²) in [6.07, 6.45) is 4.60. The second kappa shape index (κ2) is 16.4. The number of anilines is 3. The van der Waals surface area contributed by atoms with Crippen LogP contribution in [-0.4, -0.2) is 112 Å². The Kier molecular flexibility index (Phi) is 11.3. The molecule has 1 aromatic heterocycles. The van der Waals surface area contributed by atoms with Gasteiger partial charge in [0.25, 0.3) is 11.8 Å². The van der Waals surface area contributed by atoms with Gasteiger partial charge < -0.3 is 20.3 Å². The number of piperidine rings is 1. The van der Waals surface area contributed by atoms with Crippen LogP contribution in [0.1, 0.15) is 33.6 Å². The minimum atomic E-state index is -1.07. The number of amides is 6. The Balaban J connectivity index is 0.907. The maximum absolute atomic E-state index is 13.7. The summed E-state index contributed by atoms with van der Waals surface area (Å²) < 4.78 is 19.2. The molecule has 0 saturated carbocycles. The number of rotatable bonds is 11. The molecule has 15 nitrogen and oxygen atoms in total. The number of carbonyl (C=O) groups excluding carboxylic acids is 6. The summed E-state index contributed by atoms with van der Waals surface area (Å²) in [5, 5.41) is 8.67. The van der Waals surface area contributed by atoms with Crippen molar-refractivity contribution in [2.75, 3.05) is 56.2 Å². The molecule has 288 valence electrons. The Morgan fingerprint density at radius 1 is 1.05 bits per heavy atom. The summed E-state index contributed by atoms with van der Waals surface area (Å²) in [6.45, 7) is 2.54. The maximum Gasteiger partial charge on any atom is 0.263 e. The smallest absolute Gasteiger partial charge is 0.263 e. The first kappa shape index (κ1) is 38.4. The van der Waals surface area contributed by atoms with Crippen LogP contribution in [0.2, 0.25) is 5.02 Å². The van der Waals surface area contributed by atoms with Crippen LogP contribution in [0.3, 0.4) is 0 Å². The van der Waals surface area contributed by atoms with Crippen LogP contribution < -0.4 is 20.7 Å². The van der Waals surface area contributed by atoms with E-state index in [1.165, 1.54) is 43.8 Å². The van der Waals surface area contributed by atoms with Crippen LogP contribution in [0.4, 0.5) is 21.6 Å². The monoisotopic (exact) mass is 800 g/mol. The van der Waals surface area contributed by atoms with Crippen LogP contribution in [0.15, 0.2) is 71.9 Å². The number of hydrogen-bond acceptors (Lipinski definition) is 12. The molecule has 3 aliphatic rings. The van der Waals surface area contributed by atoms with Gasteiger partial charge in [-0.1, -0.05) is 23.7 Å². The van der Waals surface area contributed by atoms with E-state index in [4.69, 9.17) is 16.3 Å². The molecule has 0 radical (unpaired) electrons. The van der Waals surface area contributed by atoms with Crippen LogP contribution >= 0.6 is 23.4 Å². The van der Waals surface area contributed by atoms with E-state index in [0.717, 1.165) is 16.7 Å².